The Labute approximate surface area is 64.7 Å². The molecule has 5 nitrogen and oxygen atoms in total. The lowest BCUT2D eigenvalue weighted by Gasteiger charge is -2.06. The molecule has 0 bridgehead atoms. The van der Waals surface area contributed by atoms with Gasteiger partial charge in [0, 0.05) is 6.92 Å². The predicted molar refractivity (Wildman–Crippen MR) is 38.4 cm³/mol. The Balaban J connectivity index is 3.73. The van der Waals surface area contributed by atoms with Crippen molar-refractivity contribution in [2.45, 2.75) is 19.4 Å². The highest BCUT2D eigenvalue weighted by Gasteiger charge is 2.15. The summed E-state index contributed by atoms with van der Waals surface area (Å²) in [5.74, 6) is -1.37. The third-order valence-electron chi connectivity index (χ3n) is 1.02. The Morgan fingerprint density at radius 2 is 2.09 bits per heavy atom. The highest BCUT2D eigenvalue weighted by molar-refractivity contribution is 5.87. The van der Waals surface area contributed by atoms with E-state index >= 15 is 0 Å². The SMILES string of the molecule is CC(=O)OC(=O)[C@@H](N)CCN. The number of ether oxygens (including phenoxy) is 1. The van der Waals surface area contributed by atoms with Gasteiger partial charge in [0.2, 0.25) is 0 Å². The molecule has 0 aliphatic rings. The summed E-state index contributed by atoms with van der Waals surface area (Å²) in [4.78, 5) is 21.0. The summed E-state index contributed by atoms with van der Waals surface area (Å²) < 4.78 is 4.21. The van der Waals surface area contributed by atoms with E-state index < -0.39 is 18.0 Å². The van der Waals surface area contributed by atoms with Crippen LogP contribution < -0.4 is 11.5 Å². The van der Waals surface area contributed by atoms with Gasteiger partial charge in [-0.05, 0) is 13.0 Å². The summed E-state index contributed by atoms with van der Waals surface area (Å²) in [7, 11) is 0. The molecular weight excluding hydrogens is 148 g/mol. The second-order valence-corrected chi connectivity index (χ2v) is 2.10. The minimum Gasteiger partial charge on any atom is -0.392 e. The Morgan fingerprint density at radius 3 is 2.45 bits per heavy atom. The molecule has 64 valence electrons. The van der Waals surface area contributed by atoms with Crippen LogP contribution in [0.1, 0.15) is 13.3 Å². The van der Waals surface area contributed by atoms with E-state index in [9.17, 15) is 9.59 Å². The molecule has 0 saturated carbocycles. The van der Waals surface area contributed by atoms with Crippen LogP contribution in [0.5, 0.6) is 0 Å². The lowest BCUT2D eigenvalue weighted by Crippen LogP contribution is -2.35. The molecule has 0 aliphatic carbocycles. The Kier molecular flexibility index (Phi) is 4.40. The van der Waals surface area contributed by atoms with Crippen LogP contribution in [0.25, 0.3) is 0 Å². The van der Waals surface area contributed by atoms with Gasteiger partial charge in [-0.2, -0.15) is 0 Å². The second-order valence-electron chi connectivity index (χ2n) is 2.10. The highest BCUT2D eigenvalue weighted by Crippen LogP contribution is 1.90. The van der Waals surface area contributed by atoms with Gasteiger partial charge in [0.25, 0.3) is 0 Å². The van der Waals surface area contributed by atoms with Gasteiger partial charge in [0.05, 0.1) is 0 Å². The van der Waals surface area contributed by atoms with Crippen LogP contribution >= 0.6 is 0 Å². The van der Waals surface area contributed by atoms with Gasteiger partial charge in [-0.15, -0.1) is 0 Å². The quantitative estimate of drug-likeness (QED) is 0.397. The smallest absolute Gasteiger partial charge is 0.330 e. The van der Waals surface area contributed by atoms with Gasteiger partial charge in [-0.3, -0.25) is 4.79 Å². The maximum absolute atomic E-state index is 10.7. The largest absolute Gasteiger partial charge is 0.392 e. The Morgan fingerprint density at radius 1 is 1.55 bits per heavy atom. The van der Waals surface area contributed by atoms with Crippen molar-refractivity contribution in [3.05, 3.63) is 0 Å². The van der Waals surface area contributed by atoms with E-state index in [0.29, 0.717) is 13.0 Å². The molecule has 11 heavy (non-hydrogen) atoms. The first-order valence-corrected chi connectivity index (χ1v) is 3.26. The maximum atomic E-state index is 10.7. The van der Waals surface area contributed by atoms with Crippen LogP contribution in [-0.4, -0.2) is 24.5 Å². The predicted octanol–water partition coefficient (Wildman–Crippen LogP) is -1.25. The molecule has 0 aromatic carbocycles. The number of hydrogen-bond acceptors (Lipinski definition) is 5. The molecule has 1 atom stereocenters. The lowest BCUT2D eigenvalue weighted by atomic mass is 10.2. The van der Waals surface area contributed by atoms with Gasteiger partial charge < -0.3 is 16.2 Å². The van der Waals surface area contributed by atoms with Crippen LogP contribution in [0.2, 0.25) is 0 Å². The summed E-state index contributed by atoms with van der Waals surface area (Å²) in [6, 6.07) is -0.788. The molecular formula is C6H12N2O3. The minimum absolute atomic E-state index is 0.300. The minimum atomic E-state index is -0.788. The van der Waals surface area contributed by atoms with Gasteiger partial charge >= 0.3 is 11.9 Å². The molecule has 5 heteroatoms. The summed E-state index contributed by atoms with van der Waals surface area (Å²) in [5, 5.41) is 0. The van der Waals surface area contributed by atoms with Gasteiger partial charge in [-0.1, -0.05) is 0 Å². The molecule has 4 N–H and O–H groups in total. The number of carbonyl (C=O) groups is 2. The number of esters is 2. The Bertz CT molecular complexity index is 158. The molecule has 0 unspecified atom stereocenters. The van der Waals surface area contributed by atoms with E-state index in [2.05, 4.69) is 4.74 Å². The molecule has 0 aromatic rings. The zero-order valence-corrected chi connectivity index (χ0v) is 6.37. The van der Waals surface area contributed by atoms with Crippen LogP contribution in [0.4, 0.5) is 0 Å². The highest BCUT2D eigenvalue weighted by atomic mass is 16.6. The zero-order valence-electron chi connectivity index (χ0n) is 6.37. The number of nitrogens with two attached hydrogens (primary N) is 2. The topological polar surface area (TPSA) is 95.4 Å². The molecule has 0 saturated heterocycles. The first-order valence-electron chi connectivity index (χ1n) is 3.26. The van der Waals surface area contributed by atoms with Crippen molar-refractivity contribution in [1.82, 2.24) is 0 Å². The van der Waals surface area contributed by atoms with Crippen molar-refractivity contribution < 1.29 is 14.3 Å². The molecule has 0 aliphatic heterocycles. The summed E-state index contributed by atoms with van der Waals surface area (Å²) in [5.41, 5.74) is 10.4. The molecule has 0 spiro atoms. The second kappa shape index (κ2) is 4.81. The third-order valence-corrected chi connectivity index (χ3v) is 1.02. The molecule has 0 aromatic heterocycles. The van der Waals surface area contributed by atoms with Crippen molar-refractivity contribution >= 4 is 11.9 Å². The number of hydrogen-bond donors (Lipinski definition) is 2. The molecule has 0 heterocycles. The molecule has 0 rings (SSSR count). The van der Waals surface area contributed by atoms with E-state index in [1.807, 2.05) is 0 Å². The third kappa shape index (κ3) is 4.46. The lowest BCUT2D eigenvalue weighted by molar-refractivity contribution is -0.159. The van der Waals surface area contributed by atoms with Crippen molar-refractivity contribution in [2.24, 2.45) is 11.5 Å². The molecule has 0 radical (unpaired) electrons. The monoisotopic (exact) mass is 160 g/mol. The number of rotatable bonds is 3. The fourth-order valence-electron chi connectivity index (χ4n) is 0.515. The molecule has 0 fully saturated rings. The van der Waals surface area contributed by atoms with Gasteiger partial charge in [0.1, 0.15) is 6.04 Å². The van der Waals surface area contributed by atoms with Crippen molar-refractivity contribution in [2.75, 3.05) is 6.54 Å². The van der Waals surface area contributed by atoms with Crippen LogP contribution in [0.3, 0.4) is 0 Å². The molecule has 0 amide bonds. The van der Waals surface area contributed by atoms with E-state index in [4.69, 9.17) is 11.5 Å². The standard InChI is InChI=1S/C6H12N2O3/c1-4(9)11-6(10)5(8)2-3-7/h5H,2-3,7-8H2,1H3/t5-/m0/s1. The fourth-order valence-corrected chi connectivity index (χ4v) is 0.515. The van der Waals surface area contributed by atoms with Gasteiger partial charge in [0.15, 0.2) is 0 Å². The van der Waals surface area contributed by atoms with Crippen molar-refractivity contribution in [3.63, 3.8) is 0 Å². The Hall–Kier alpha value is -0.940. The van der Waals surface area contributed by atoms with Crippen LogP contribution in [0.15, 0.2) is 0 Å². The van der Waals surface area contributed by atoms with Gasteiger partial charge in [-0.25, -0.2) is 4.79 Å². The van der Waals surface area contributed by atoms with Crippen LogP contribution in [0, 0.1) is 0 Å². The van der Waals surface area contributed by atoms with Crippen LogP contribution in [-0.2, 0) is 14.3 Å². The van der Waals surface area contributed by atoms with E-state index in [1.54, 1.807) is 0 Å². The summed E-state index contributed by atoms with van der Waals surface area (Å²) >= 11 is 0. The van der Waals surface area contributed by atoms with Crippen molar-refractivity contribution in [3.8, 4) is 0 Å². The summed E-state index contributed by atoms with van der Waals surface area (Å²) in [6.45, 7) is 1.45. The fraction of sp³-hybridized carbons (Fsp3) is 0.667. The number of carbonyl (C=O) groups excluding carboxylic acids is 2. The summed E-state index contributed by atoms with van der Waals surface area (Å²) in [6.07, 6.45) is 0.326. The zero-order chi connectivity index (χ0) is 8.85. The normalized spacial score (nSPS) is 12.3. The average Bonchev–Trinajstić information content (AvgIpc) is 1.86. The average molecular weight is 160 g/mol. The van der Waals surface area contributed by atoms with E-state index in [1.165, 1.54) is 0 Å². The maximum Gasteiger partial charge on any atom is 0.330 e. The van der Waals surface area contributed by atoms with E-state index in [-0.39, 0.29) is 0 Å². The first kappa shape index (κ1) is 10.1. The first-order chi connectivity index (χ1) is 5.07. The van der Waals surface area contributed by atoms with E-state index in [0.717, 1.165) is 6.92 Å². The van der Waals surface area contributed by atoms with Crippen molar-refractivity contribution in [1.29, 1.82) is 0 Å².